The molecule has 1 saturated carbocycles. The van der Waals surface area contributed by atoms with Crippen LogP contribution in [-0.2, 0) is 6.42 Å². The molecule has 0 amide bonds. The number of rotatable bonds is 4. The molecule has 3 heteroatoms. The van der Waals surface area contributed by atoms with Crippen LogP contribution in [-0.4, -0.2) is 20.4 Å². The normalized spacial score (nSPS) is 19.7. The van der Waals surface area contributed by atoms with Crippen LogP contribution in [0.1, 0.15) is 30.4 Å². The molecule has 1 N–H and O–H groups in total. The molecule has 0 spiro atoms. The number of hydrogen-bond acceptors (Lipinski definition) is 3. The number of nitrogens with one attached hydrogen (secondary N) is 1. The Balaban J connectivity index is 1.84. The van der Waals surface area contributed by atoms with E-state index in [-0.39, 0.29) is 0 Å². The van der Waals surface area contributed by atoms with Crippen molar-refractivity contribution in [1.82, 2.24) is 5.32 Å². The molecule has 3 nitrogen and oxygen atoms in total. The lowest BCUT2D eigenvalue weighted by molar-refractivity contribution is 0.133. The first-order chi connectivity index (χ1) is 8.72. The molecule has 1 fully saturated rings. The molecule has 0 atom stereocenters. The van der Waals surface area contributed by atoms with E-state index in [2.05, 4.69) is 24.4 Å². The molecule has 0 saturated heterocycles. The predicted octanol–water partition coefficient (Wildman–Crippen LogP) is 2.66. The smallest absolute Gasteiger partial charge is 0.231 e. The van der Waals surface area contributed by atoms with Crippen LogP contribution in [0.4, 0.5) is 0 Å². The molecule has 98 valence electrons. The molecule has 0 aromatic heterocycles. The highest BCUT2D eigenvalue weighted by Gasteiger charge is 2.36. The van der Waals surface area contributed by atoms with E-state index in [1.807, 2.05) is 7.05 Å². The maximum Gasteiger partial charge on any atom is 0.231 e. The van der Waals surface area contributed by atoms with Gasteiger partial charge >= 0.3 is 0 Å². The average Bonchev–Trinajstić information content (AvgIpc) is 2.73. The van der Waals surface area contributed by atoms with Gasteiger partial charge in [-0.3, -0.25) is 0 Å². The maximum atomic E-state index is 5.48. The van der Waals surface area contributed by atoms with Crippen LogP contribution in [0.25, 0.3) is 0 Å². The summed E-state index contributed by atoms with van der Waals surface area (Å²) in [5, 5.41) is 3.35. The van der Waals surface area contributed by atoms with E-state index >= 15 is 0 Å². The minimum atomic E-state index is 0.361. The summed E-state index contributed by atoms with van der Waals surface area (Å²) in [7, 11) is 2.05. The van der Waals surface area contributed by atoms with Gasteiger partial charge in [0.15, 0.2) is 11.5 Å². The van der Waals surface area contributed by atoms with Gasteiger partial charge in [0.25, 0.3) is 0 Å². The minimum Gasteiger partial charge on any atom is -0.454 e. The van der Waals surface area contributed by atoms with Gasteiger partial charge in [-0.05, 0) is 61.9 Å². The Morgan fingerprint density at radius 1 is 1.22 bits per heavy atom. The van der Waals surface area contributed by atoms with Crippen molar-refractivity contribution < 1.29 is 9.47 Å². The molecule has 3 rings (SSSR count). The number of aryl methyl sites for hydroxylation is 1. The van der Waals surface area contributed by atoms with Crippen molar-refractivity contribution in [2.24, 2.45) is 5.41 Å². The standard InChI is InChI=1S/C15H21NO2/c1-11-6-13-14(18-10-17-13)7-12(11)8-15(9-16-2)4-3-5-15/h6-7,16H,3-5,8-10H2,1-2H3. The number of ether oxygens (including phenoxy) is 2. The average molecular weight is 247 g/mol. The van der Waals surface area contributed by atoms with Gasteiger partial charge < -0.3 is 14.8 Å². The highest BCUT2D eigenvalue weighted by atomic mass is 16.7. The monoisotopic (exact) mass is 247 g/mol. The molecule has 1 heterocycles. The van der Waals surface area contributed by atoms with Gasteiger partial charge in [-0.2, -0.15) is 0 Å². The van der Waals surface area contributed by atoms with E-state index < -0.39 is 0 Å². The first-order valence-corrected chi connectivity index (χ1v) is 6.76. The molecule has 1 aliphatic heterocycles. The molecule has 1 aromatic carbocycles. The summed E-state index contributed by atoms with van der Waals surface area (Å²) in [5.41, 5.74) is 3.20. The summed E-state index contributed by atoms with van der Waals surface area (Å²) >= 11 is 0. The Hall–Kier alpha value is -1.22. The van der Waals surface area contributed by atoms with Gasteiger partial charge in [-0.25, -0.2) is 0 Å². The summed E-state index contributed by atoms with van der Waals surface area (Å²) in [4.78, 5) is 0. The van der Waals surface area contributed by atoms with Crippen LogP contribution in [0.2, 0.25) is 0 Å². The van der Waals surface area contributed by atoms with Crippen molar-refractivity contribution >= 4 is 0 Å². The summed E-state index contributed by atoms with van der Waals surface area (Å²) in [6, 6.07) is 4.29. The summed E-state index contributed by atoms with van der Waals surface area (Å²) in [6.45, 7) is 3.64. The largest absolute Gasteiger partial charge is 0.454 e. The summed E-state index contributed by atoms with van der Waals surface area (Å²) < 4.78 is 10.9. The number of benzene rings is 1. The molecule has 2 aliphatic rings. The van der Waals surface area contributed by atoms with Gasteiger partial charge in [0.05, 0.1) is 0 Å². The van der Waals surface area contributed by atoms with Crippen LogP contribution in [0, 0.1) is 12.3 Å². The van der Waals surface area contributed by atoms with Crippen molar-refractivity contribution in [2.45, 2.75) is 32.6 Å². The zero-order valence-corrected chi connectivity index (χ0v) is 11.2. The second-order valence-electron chi connectivity index (χ2n) is 5.69. The molecule has 0 unspecified atom stereocenters. The predicted molar refractivity (Wildman–Crippen MR) is 71.2 cm³/mol. The molecule has 0 radical (unpaired) electrons. The second kappa shape index (κ2) is 4.47. The van der Waals surface area contributed by atoms with Crippen LogP contribution in [0.15, 0.2) is 12.1 Å². The van der Waals surface area contributed by atoms with E-state index in [4.69, 9.17) is 9.47 Å². The fourth-order valence-corrected chi connectivity index (χ4v) is 3.15. The number of hydrogen-bond donors (Lipinski definition) is 1. The summed E-state index contributed by atoms with van der Waals surface area (Å²) in [6.07, 6.45) is 5.19. The molecule has 1 aliphatic carbocycles. The van der Waals surface area contributed by atoms with Gasteiger partial charge in [-0.1, -0.05) is 6.42 Å². The lowest BCUT2D eigenvalue weighted by atomic mass is 9.65. The molecular formula is C15H21NO2. The van der Waals surface area contributed by atoms with E-state index in [0.29, 0.717) is 12.2 Å². The first kappa shape index (κ1) is 11.8. The highest BCUT2D eigenvalue weighted by Crippen LogP contribution is 2.45. The van der Waals surface area contributed by atoms with E-state index in [9.17, 15) is 0 Å². The van der Waals surface area contributed by atoms with Crippen LogP contribution < -0.4 is 14.8 Å². The number of fused-ring (bicyclic) bond motifs is 1. The van der Waals surface area contributed by atoms with E-state index in [1.165, 1.54) is 30.4 Å². The lowest BCUT2D eigenvalue weighted by Crippen LogP contribution is -2.40. The lowest BCUT2D eigenvalue weighted by Gasteiger charge is -2.42. The summed E-state index contributed by atoms with van der Waals surface area (Å²) in [5.74, 6) is 1.81. The first-order valence-electron chi connectivity index (χ1n) is 6.76. The van der Waals surface area contributed by atoms with Crippen molar-refractivity contribution in [2.75, 3.05) is 20.4 Å². The van der Waals surface area contributed by atoms with Crippen LogP contribution in [0.3, 0.4) is 0 Å². The Morgan fingerprint density at radius 3 is 2.56 bits per heavy atom. The van der Waals surface area contributed by atoms with Crippen LogP contribution in [0.5, 0.6) is 11.5 Å². The SMILES string of the molecule is CNCC1(Cc2cc3c(cc2C)OCO3)CCC1. The van der Waals surface area contributed by atoms with E-state index in [0.717, 1.165) is 24.5 Å². The van der Waals surface area contributed by atoms with Crippen LogP contribution >= 0.6 is 0 Å². The molecule has 18 heavy (non-hydrogen) atoms. The highest BCUT2D eigenvalue weighted by molar-refractivity contribution is 5.48. The Morgan fingerprint density at radius 2 is 1.94 bits per heavy atom. The van der Waals surface area contributed by atoms with Crippen molar-refractivity contribution in [3.05, 3.63) is 23.3 Å². The molecule has 0 bridgehead atoms. The van der Waals surface area contributed by atoms with E-state index in [1.54, 1.807) is 0 Å². The Labute approximate surface area is 108 Å². The third-order valence-corrected chi connectivity index (χ3v) is 4.36. The Kier molecular flexibility index (Phi) is 2.94. The third kappa shape index (κ3) is 1.97. The fourth-order valence-electron chi connectivity index (χ4n) is 3.15. The topological polar surface area (TPSA) is 30.5 Å². The van der Waals surface area contributed by atoms with Gasteiger partial charge in [0.2, 0.25) is 6.79 Å². The minimum absolute atomic E-state index is 0.361. The molecular weight excluding hydrogens is 226 g/mol. The van der Waals surface area contributed by atoms with Crippen molar-refractivity contribution in [3.63, 3.8) is 0 Å². The maximum absolute atomic E-state index is 5.48. The molecule has 1 aromatic rings. The quantitative estimate of drug-likeness (QED) is 0.887. The van der Waals surface area contributed by atoms with Crippen molar-refractivity contribution in [1.29, 1.82) is 0 Å². The Bertz CT molecular complexity index is 452. The second-order valence-corrected chi connectivity index (χ2v) is 5.69. The zero-order chi connectivity index (χ0) is 12.6. The van der Waals surface area contributed by atoms with Gasteiger partial charge in [-0.15, -0.1) is 0 Å². The van der Waals surface area contributed by atoms with Gasteiger partial charge in [0.1, 0.15) is 0 Å². The third-order valence-electron chi connectivity index (χ3n) is 4.36. The van der Waals surface area contributed by atoms with Crippen molar-refractivity contribution in [3.8, 4) is 11.5 Å². The zero-order valence-electron chi connectivity index (χ0n) is 11.2. The van der Waals surface area contributed by atoms with Gasteiger partial charge in [0, 0.05) is 6.54 Å². The fraction of sp³-hybridized carbons (Fsp3) is 0.600.